The maximum atomic E-state index is 13.2. The van der Waals surface area contributed by atoms with Crippen LogP contribution in [0, 0.1) is 11.6 Å². The Labute approximate surface area is 94.3 Å². The molecule has 2 N–H and O–H groups in total. The van der Waals surface area contributed by atoms with Gasteiger partial charge in [-0.1, -0.05) is 0 Å². The van der Waals surface area contributed by atoms with Gasteiger partial charge in [-0.2, -0.15) is 0 Å². The number of unbranched alkanes of at least 4 members (excludes halogenated alkanes) is 2. The quantitative estimate of drug-likeness (QED) is 0.703. The molecule has 90 valence electrons. The maximum Gasteiger partial charge on any atom is 0.127 e. The average molecular weight is 229 g/mol. The van der Waals surface area contributed by atoms with Crippen molar-refractivity contribution in [1.82, 2.24) is 5.32 Å². The Morgan fingerprint density at radius 3 is 2.69 bits per heavy atom. The van der Waals surface area contributed by atoms with Crippen molar-refractivity contribution >= 4 is 0 Å². The van der Waals surface area contributed by atoms with Gasteiger partial charge in [0, 0.05) is 18.7 Å². The summed E-state index contributed by atoms with van der Waals surface area (Å²) in [6.45, 7) is 1.29. The van der Waals surface area contributed by atoms with Crippen LogP contribution in [0.4, 0.5) is 8.78 Å². The zero-order valence-electron chi connectivity index (χ0n) is 9.18. The molecule has 0 amide bonds. The van der Waals surface area contributed by atoms with Crippen LogP contribution in [0.15, 0.2) is 18.2 Å². The van der Waals surface area contributed by atoms with Gasteiger partial charge in [0.1, 0.15) is 11.6 Å². The van der Waals surface area contributed by atoms with Gasteiger partial charge in [-0.25, -0.2) is 8.78 Å². The van der Waals surface area contributed by atoms with Gasteiger partial charge in [0.05, 0.1) is 0 Å². The smallest absolute Gasteiger partial charge is 0.127 e. The molecule has 1 aromatic carbocycles. The van der Waals surface area contributed by atoms with Crippen LogP contribution >= 0.6 is 0 Å². The Hall–Kier alpha value is -1.00. The van der Waals surface area contributed by atoms with Crippen LogP contribution in [0.25, 0.3) is 0 Å². The van der Waals surface area contributed by atoms with Gasteiger partial charge >= 0.3 is 0 Å². The van der Waals surface area contributed by atoms with E-state index >= 15 is 0 Å². The maximum absolute atomic E-state index is 13.2. The highest BCUT2D eigenvalue weighted by Gasteiger charge is 2.02. The van der Waals surface area contributed by atoms with Gasteiger partial charge < -0.3 is 10.4 Å². The third-order valence-corrected chi connectivity index (χ3v) is 2.33. The Balaban J connectivity index is 2.23. The van der Waals surface area contributed by atoms with Crippen LogP contribution in [0.2, 0.25) is 0 Å². The second-order valence-electron chi connectivity index (χ2n) is 3.70. The summed E-state index contributed by atoms with van der Waals surface area (Å²) in [7, 11) is 0. The zero-order chi connectivity index (χ0) is 11.8. The minimum atomic E-state index is -0.418. The van der Waals surface area contributed by atoms with Crippen LogP contribution < -0.4 is 5.32 Å². The van der Waals surface area contributed by atoms with Crippen molar-refractivity contribution in [3.8, 4) is 0 Å². The molecule has 0 aliphatic heterocycles. The van der Waals surface area contributed by atoms with Crippen LogP contribution in [0.1, 0.15) is 24.8 Å². The van der Waals surface area contributed by atoms with E-state index in [1.807, 2.05) is 0 Å². The summed E-state index contributed by atoms with van der Waals surface area (Å²) in [5.41, 5.74) is 0.349. The molecular weight excluding hydrogens is 212 g/mol. The summed E-state index contributed by atoms with van der Waals surface area (Å²) in [4.78, 5) is 0. The van der Waals surface area contributed by atoms with Crippen molar-refractivity contribution in [1.29, 1.82) is 0 Å². The molecule has 2 nitrogen and oxygen atoms in total. The average Bonchev–Trinajstić information content (AvgIpc) is 2.28. The fourth-order valence-corrected chi connectivity index (χ4v) is 1.44. The van der Waals surface area contributed by atoms with E-state index in [0.717, 1.165) is 37.9 Å². The van der Waals surface area contributed by atoms with Gasteiger partial charge in [-0.05, 0) is 44.0 Å². The summed E-state index contributed by atoms with van der Waals surface area (Å²) >= 11 is 0. The third-order valence-electron chi connectivity index (χ3n) is 2.33. The molecule has 4 heteroatoms. The highest BCUT2D eigenvalue weighted by atomic mass is 19.1. The van der Waals surface area contributed by atoms with E-state index in [1.54, 1.807) is 0 Å². The van der Waals surface area contributed by atoms with Crippen molar-refractivity contribution in [3.05, 3.63) is 35.4 Å². The predicted molar refractivity (Wildman–Crippen MR) is 59.0 cm³/mol. The number of aliphatic hydroxyl groups excluding tert-OH is 1. The summed E-state index contributed by atoms with van der Waals surface area (Å²) in [6.07, 6.45) is 2.66. The normalized spacial score (nSPS) is 10.7. The number of aliphatic hydroxyl groups is 1. The minimum absolute atomic E-state index is 0.207. The van der Waals surface area contributed by atoms with Gasteiger partial charge in [-0.3, -0.25) is 0 Å². The van der Waals surface area contributed by atoms with Crippen molar-refractivity contribution in [3.63, 3.8) is 0 Å². The number of benzene rings is 1. The molecule has 0 saturated carbocycles. The molecule has 0 aromatic heterocycles. The monoisotopic (exact) mass is 229 g/mol. The Bertz CT molecular complexity index is 318. The van der Waals surface area contributed by atoms with Gasteiger partial charge in [0.2, 0.25) is 0 Å². The molecule has 0 saturated heterocycles. The second kappa shape index (κ2) is 7.30. The van der Waals surface area contributed by atoms with Crippen LogP contribution in [0.3, 0.4) is 0 Å². The highest BCUT2D eigenvalue weighted by Crippen LogP contribution is 2.09. The topological polar surface area (TPSA) is 32.3 Å². The molecule has 1 aromatic rings. The fourth-order valence-electron chi connectivity index (χ4n) is 1.44. The zero-order valence-corrected chi connectivity index (χ0v) is 9.18. The van der Waals surface area contributed by atoms with E-state index in [1.165, 1.54) is 6.07 Å². The molecule has 0 spiro atoms. The third kappa shape index (κ3) is 4.68. The van der Waals surface area contributed by atoms with Crippen LogP contribution in [0.5, 0.6) is 0 Å². The lowest BCUT2D eigenvalue weighted by Gasteiger charge is -2.05. The molecule has 0 fully saturated rings. The van der Waals surface area contributed by atoms with E-state index in [9.17, 15) is 8.78 Å². The number of rotatable bonds is 7. The SMILES string of the molecule is OCCCCCNCc1cc(F)ccc1F. The van der Waals surface area contributed by atoms with Gasteiger partial charge in [0.15, 0.2) is 0 Å². The van der Waals surface area contributed by atoms with E-state index in [4.69, 9.17) is 5.11 Å². The van der Waals surface area contributed by atoms with E-state index < -0.39 is 5.82 Å². The van der Waals surface area contributed by atoms with Crippen LogP contribution in [-0.2, 0) is 6.54 Å². The fraction of sp³-hybridized carbons (Fsp3) is 0.500. The molecule has 0 aliphatic carbocycles. The first-order valence-electron chi connectivity index (χ1n) is 5.49. The number of hydrogen-bond acceptors (Lipinski definition) is 2. The lowest BCUT2D eigenvalue weighted by atomic mass is 10.2. The van der Waals surface area contributed by atoms with Gasteiger partial charge in [-0.15, -0.1) is 0 Å². The van der Waals surface area contributed by atoms with Crippen molar-refractivity contribution in [2.24, 2.45) is 0 Å². The Morgan fingerprint density at radius 1 is 1.12 bits per heavy atom. The standard InChI is InChI=1S/C12H17F2NO/c13-11-4-5-12(14)10(8-11)9-15-6-2-1-3-7-16/h4-5,8,15-16H,1-3,6-7,9H2. The minimum Gasteiger partial charge on any atom is -0.396 e. The molecule has 0 bridgehead atoms. The van der Waals surface area contributed by atoms with E-state index in [-0.39, 0.29) is 12.4 Å². The Morgan fingerprint density at radius 2 is 1.94 bits per heavy atom. The van der Waals surface area contributed by atoms with E-state index in [2.05, 4.69) is 5.32 Å². The molecule has 16 heavy (non-hydrogen) atoms. The predicted octanol–water partition coefficient (Wildman–Crippen LogP) is 2.22. The molecule has 0 unspecified atom stereocenters. The first kappa shape index (κ1) is 13.1. The first-order chi connectivity index (χ1) is 7.74. The molecule has 0 radical (unpaired) electrons. The largest absolute Gasteiger partial charge is 0.396 e. The number of halogens is 2. The van der Waals surface area contributed by atoms with E-state index in [0.29, 0.717) is 12.1 Å². The second-order valence-corrected chi connectivity index (χ2v) is 3.70. The molecule has 0 heterocycles. The Kier molecular flexibility index (Phi) is 5.96. The molecule has 0 atom stereocenters. The van der Waals surface area contributed by atoms with Crippen LogP contribution in [-0.4, -0.2) is 18.3 Å². The summed E-state index contributed by atoms with van der Waals surface area (Å²) in [5.74, 6) is -0.803. The number of nitrogens with one attached hydrogen (secondary N) is 1. The van der Waals surface area contributed by atoms with Crippen molar-refractivity contribution in [2.45, 2.75) is 25.8 Å². The summed E-state index contributed by atoms with van der Waals surface area (Å²) < 4.78 is 26.0. The lowest BCUT2D eigenvalue weighted by Crippen LogP contribution is -2.15. The molecule has 1 rings (SSSR count). The molecule has 0 aliphatic rings. The molecular formula is C12H17F2NO. The lowest BCUT2D eigenvalue weighted by molar-refractivity contribution is 0.283. The highest BCUT2D eigenvalue weighted by molar-refractivity contribution is 5.18. The first-order valence-corrected chi connectivity index (χ1v) is 5.49. The summed E-state index contributed by atoms with van der Waals surface area (Å²) in [6, 6.07) is 3.45. The van der Waals surface area contributed by atoms with Crippen molar-refractivity contribution in [2.75, 3.05) is 13.2 Å². The number of hydrogen-bond donors (Lipinski definition) is 2. The van der Waals surface area contributed by atoms with Gasteiger partial charge in [0.25, 0.3) is 0 Å². The summed E-state index contributed by atoms with van der Waals surface area (Å²) in [5, 5.41) is 11.6. The van der Waals surface area contributed by atoms with Crippen molar-refractivity contribution < 1.29 is 13.9 Å².